The van der Waals surface area contributed by atoms with Gasteiger partial charge in [-0.25, -0.2) is 4.98 Å². The molecule has 0 saturated heterocycles. The van der Waals surface area contributed by atoms with Gasteiger partial charge in [0.1, 0.15) is 5.82 Å². The average molecular weight is 336 g/mol. The SMILES string of the molecule is CCN(c1cccc(C)c1)c1nccc(NCCC2=CCCCC2)n1. The molecule has 1 aromatic carbocycles. The largest absolute Gasteiger partial charge is 0.370 e. The minimum atomic E-state index is 0.745. The molecule has 0 atom stereocenters. The fourth-order valence-electron chi connectivity index (χ4n) is 3.30. The number of rotatable bonds is 7. The smallest absolute Gasteiger partial charge is 0.231 e. The van der Waals surface area contributed by atoms with Gasteiger partial charge in [0, 0.05) is 25.0 Å². The molecule has 1 aromatic heterocycles. The Hall–Kier alpha value is -2.36. The van der Waals surface area contributed by atoms with Crippen LogP contribution in [0.3, 0.4) is 0 Å². The Morgan fingerprint density at radius 1 is 1.20 bits per heavy atom. The quantitative estimate of drug-likeness (QED) is 0.702. The molecular formula is C21H28N4. The summed E-state index contributed by atoms with van der Waals surface area (Å²) in [6.07, 6.45) is 10.5. The van der Waals surface area contributed by atoms with Crippen molar-refractivity contribution in [2.45, 2.75) is 46.0 Å². The monoisotopic (exact) mass is 336 g/mol. The Kier molecular flexibility index (Phi) is 6.04. The molecular weight excluding hydrogens is 308 g/mol. The molecule has 132 valence electrons. The number of nitrogens with zero attached hydrogens (tertiary/aromatic N) is 3. The second-order valence-corrected chi connectivity index (χ2v) is 6.61. The Balaban J connectivity index is 1.66. The predicted octanol–water partition coefficient (Wildman–Crippen LogP) is 5.25. The van der Waals surface area contributed by atoms with Crippen LogP contribution in [0.5, 0.6) is 0 Å². The first-order valence-electron chi connectivity index (χ1n) is 9.35. The number of aryl methyl sites for hydroxylation is 1. The van der Waals surface area contributed by atoms with E-state index in [0.717, 1.165) is 37.0 Å². The summed E-state index contributed by atoms with van der Waals surface area (Å²) in [5.74, 6) is 1.64. The van der Waals surface area contributed by atoms with Crippen LogP contribution in [0.1, 0.15) is 44.6 Å². The zero-order valence-corrected chi connectivity index (χ0v) is 15.3. The molecule has 2 aromatic rings. The van der Waals surface area contributed by atoms with Gasteiger partial charge in [0.15, 0.2) is 0 Å². The second-order valence-electron chi connectivity index (χ2n) is 6.61. The van der Waals surface area contributed by atoms with Gasteiger partial charge in [0.25, 0.3) is 0 Å². The van der Waals surface area contributed by atoms with E-state index in [1.54, 1.807) is 5.57 Å². The summed E-state index contributed by atoms with van der Waals surface area (Å²) in [6.45, 7) is 6.00. The van der Waals surface area contributed by atoms with Crippen molar-refractivity contribution in [3.05, 3.63) is 53.7 Å². The highest BCUT2D eigenvalue weighted by Gasteiger charge is 2.11. The normalized spacial score (nSPS) is 14.1. The molecule has 25 heavy (non-hydrogen) atoms. The number of aromatic nitrogens is 2. The minimum absolute atomic E-state index is 0.745. The van der Waals surface area contributed by atoms with Gasteiger partial charge < -0.3 is 10.2 Å². The molecule has 0 unspecified atom stereocenters. The first kappa shape index (κ1) is 17.5. The van der Waals surface area contributed by atoms with Crippen molar-refractivity contribution in [2.75, 3.05) is 23.3 Å². The number of nitrogens with one attached hydrogen (secondary N) is 1. The fraction of sp³-hybridized carbons (Fsp3) is 0.429. The van der Waals surface area contributed by atoms with E-state index in [1.165, 1.54) is 31.2 Å². The van der Waals surface area contributed by atoms with Gasteiger partial charge in [-0.05, 0) is 69.7 Å². The Morgan fingerprint density at radius 3 is 2.88 bits per heavy atom. The molecule has 1 N–H and O–H groups in total. The van der Waals surface area contributed by atoms with Crippen LogP contribution >= 0.6 is 0 Å². The third kappa shape index (κ3) is 4.81. The minimum Gasteiger partial charge on any atom is -0.370 e. The first-order valence-corrected chi connectivity index (χ1v) is 9.35. The van der Waals surface area contributed by atoms with Crippen LogP contribution in [0.15, 0.2) is 48.2 Å². The summed E-state index contributed by atoms with van der Waals surface area (Å²) in [5, 5.41) is 3.46. The Bertz CT molecular complexity index is 723. The van der Waals surface area contributed by atoms with Gasteiger partial charge in [-0.2, -0.15) is 4.98 Å². The van der Waals surface area contributed by atoms with Gasteiger partial charge in [-0.3, -0.25) is 0 Å². The Labute approximate surface area is 151 Å². The summed E-state index contributed by atoms with van der Waals surface area (Å²) < 4.78 is 0. The van der Waals surface area contributed by atoms with Gasteiger partial charge in [0.2, 0.25) is 5.95 Å². The molecule has 0 bridgehead atoms. The molecule has 4 nitrogen and oxygen atoms in total. The average Bonchev–Trinajstić information content (AvgIpc) is 2.64. The molecule has 1 aliphatic rings. The van der Waals surface area contributed by atoms with E-state index in [4.69, 9.17) is 4.98 Å². The predicted molar refractivity (Wildman–Crippen MR) is 106 cm³/mol. The van der Waals surface area contributed by atoms with E-state index in [2.05, 4.69) is 59.4 Å². The van der Waals surface area contributed by atoms with Crippen LogP contribution in [0, 0.1) is 6.92 Å². The molecule has 1 aliphatic carbocycles. The summed E-state index contributed by atoms with van der Waals surface area (Å²) in [5.41, 5.74) is 3.96. The topological polar surface area (TPSA) is 41.1 Å². The summed E-state index contributed by atoms with van der Waals surface area (Å²) >= 11 is 0. The fourth-order valence-corrected chi connectivity index (χ4v) is 3.30. The number of benzene rings is 1. The molecule has 0 radical (unpaired) electrons. The van der Waals surface area contributed by atoms with Gasteiger partial charge >= 0.3 is 0 Å². The first-order chi connectivity index (χ1) is 12.3. The van der Waals surface area contributed by atoms with Crippen molar-refractivity contribution < 1.29 is 0 Å². The van der Waals surface area contributed by atoms with Gasteiger partial charge in [0.05, 0.1) is 0 Å². The molecule has 4 heteroatoms. The van der Waals surface area contributed by atoms with E-state index >= 15 is 0 Å². The van der Waals surface area contributed by atoms with Crippen molar-refractivity contribution in [3.63, 3.8) is 0 Å². The van der Waals surface area contributed by atoms with Crippen molar-refractivity contribution in [3.8, 4) is 0 Å². The molecule has 0 aliphatic heterocycles. The van der Waals surface area contributed by atoms with Crippen LogP contribution in [0.4, 0.5) is 17.5 Å². The van der Waals surface area contributed by atoms with Gasteiger partial charge in [-0.1, -0.05) is 23.8 Å². The molecule has 3 rings (SSSR count). The third-order valence-corrected chi connectivity index (χ3v) is 4.65. The highest BCUT2D eigenvalue weighted by molar-refractivity contribution is 5.59. The molecule has 0 fully saturated rings. The van der Waals surface area contributed by atoms with Gasteiger partial charge in [-0.15, -0.1) is 0 Å². The van der Waals surface area contributed by atoms with Crippen LogP contribution in [0.25, 0.3) is 0 Å². The highest BCUT2D eigenvalue weighted by Crippen LogP contribution is 2.24. The lowest BCUT2D eigenvalue weighted by atomic mass is 9.97. The summed E-state index contributed by atoms with van der Waals surface area (Å²) in [6, 6.07) is 10.4. The van der Waals surface area contributed by atoms with Crippen molar-refractivity contribution >= 4 is 17.5 Å². The van der Waals surface area contributed by atoms with Crippen molar-refractivity contribution in [1.82, 2.24) is 9.97 Å². The molecule has 1 heterocycles. The maximum Gasteiger partial charge on any atom is 0.231 e. The lowest BCUT2D eigenvalue weighted by Gasteiger charge is -2.22. The van der Waals surface area contributed by atoms with Crippen LogP contribution in [-0.2, 0) is 0 Å². The van der Waals surface area contributed by atoms with E-state index in [0.29, 0.717) is 0 Å². The van der Waals surface area contributed by atoms with Crippen LogP contribution in [0.2, 0.25) is 0 Å². The third-order valence-electron chi connectivity index (χ3n) is 4.65. The number of hydrogen-bond donors (Lipinski definition) is 1. The maximum atomic E-state index is 4.72. The number of anilines is 3. The lowest BCUT2D eigenvalue weighted by Crippen LogP contribution is -2.19. The lowest BCUT2D eigenvalue weighted by molar-refractivity contribution is 0.679. The Morgan fingerprint density at radius 2 is 2.12 bits per heavy atom. The van der Waals surface area contributed by atoms with E-state index in [-0.39, 0.29) is 0 Å². The molecule has 0 spiro atoms. The van der Waals surface area contributed by atoms with E-state index in [9.17, 15) is 0 Å². The zero-order chi connectivity index (χ0) is 17.5. The highest BCUT2D eigenvalue weighted by atomic mass is 15.3. The number of allylic oxidation sites excluding steroid dienone is 1. The summed E-state index contributed by atoms with van der Waals surface area (Å²) in [4.78, 5) is 11.3. The van der Waals surface area contributed by atoms with Crippen molar-refractivity contribution in [2.24, 2.45) is 0 Å². The standard InChI is InChI=1S/C21H28N4/c1-3-25(19-11-7-8-17(2)16-19)21-23-15-13-20(24-21)22-14-12-18-9-5-4-6-10-18/h7-9,11,13,15-16H,3-6,10,12,14H2,1-2H3,(H,22,23,24). The van der Waals surface area contributed by atoms with E-state index in [1.807, 2.05) is 12.3 Å². The van der Waals surface area contributed by atoms with E-state index < -0.39 is 0 Å². The zero-order valence-electron chi connectivity index (χ0n) is 15.3. The number of hydrogen-bond acceptors (Lipinski definition) is 4. The molecule has 0 saturated carbocycles. The maximum absolute atomic E-state index is 4.72. The van der Waals surface area contributed by atoms with Crippen LogP contribution in [-0.4, -0.2) is 23.1 Å². The molecule has 0 amide bonds. The second kappa shape index (κ2) is 8.65. The van der Waals surface area contributed by atoms with Crippen molar-refractivity contribution in [1.29, 1.82) is 0 Å². The van der Waals surface area contributed by atoms with Crippen LogP contribution < -0.4 is 10.2 Å². The summed E-state index contributed by atoms with van der Waals surface area (Å²) in [7, 11) is 0.